The minimum Gasteiger partial charge on any atom is -0.378 e. The highest BCUT2D eigenvalue weighted by atomic mass is 16.5. The molecule has 2 aromatic rings. The summed E-state index contributed by atoms with van der Waals surface area (Å²) >= 11 is 0. The number of benzene rings is 1. The van der Waals surface area contributed by atoms with Gasteiger partial charge in [-0.05, 0) is 12.1 Å². The van der Waals surface area contributed by atoms with E-state index in [0.29, 0.717) is 50.8 Å². The lowest BCUT2D eigenvalue weighted by Gasteiger charge is -2.42. The van der Waals surface area contributed by atoms with Gasteiger partial charge in [0.25, 0.3) is 0 Å². The lowest BCUT2D eigenvalue weighted by Crippen LogP contribution is -2.56. The molecule has 2 fully saturated rings. The fourth-order valence-corrected chi connectivity index (χ4v) is 3.28. The predicted molar refractivity (Wildman–Crippen MR) is 89.6 cm³/mol. The number of nitrogens with zero attached hydrogens (tertiary/aromatic N) is 4. The molecule has 2 aliphatic heterocycles. The Morgan fingerprint density at radius 1 is 1.25 bits per heavy atom. The van der Waals surface area contributed by atoms with Gasteiger partial charge in [-0.2, -0.15) is 5.26 Å². The third-order valence-electron chi connectivity index (χ3n) is 4.68. The Labute approximate surface area is 140 Å². The van der Waals surface area contributed by atoms with Crippen LogP contribution in [0.1, 0.15) is 5.56 Å². The Morgan fingerprint density at radius 3 is 2.75 bits per heavy atom. The molecule has 2 aliphatic rings. The van der Waals surface area contributed by atoms with Crippen LogP contribution in [0.3, 0.4) is 0 Å². The Morgan fingerprint density at radius 2 is 2.00 bits per heavy atom. The molecule has 24 heavy (non-hydrogen) atoms. The molecule has 0 atom stereocenters. The minimum absolute atomic E-state index is 0.0112. The van der Waals surface area contributed by atoms with Gasteiger partial charge < -0.3 is 14.5 Å². The zero-order valence-corrected chi connectivity index (χ0v) is 13.3. The number of rotatable bonds is 2. The summed E-state index contributed by atoms with van der Waals surface area (Å²) in [5.41, 5.74) is 1.43. The maximum absolute atomic E-state index is 12.5. The molecule has 1 aromatic heterocycles. The first-order valence-corrected chi connectivity index (χ1v) is 8.17. The summed E-state index contributed by atoms with van der Waals surface area (Å²) in [5.74, 6) is 0.860. The van der Waals surface area contributed by atoms with E-state index in [1.54, 1.807) is 0 Å². The molecule has 0 saturated carbocycles. The number of aromatic nitrogens is 1. The second-order valence-electron chi connectivity index (χ2n) is 6.20. The molecule has 0 aliphatic carbocycles. The average molecular weight is 322 g/mol. The molecule has 6 heteroatoms. The van der Waals surface area contributed by atoms with Gasteiger partial charge in [0.1, 0.15) is 11.9 Å². The number of ether oxygens (including phenoxy) is 1. The van der Waals surface area contributed by atoms with Gasteiger partial charge in [0.15, 0.2) is 0 Å². The summed E-state index contributed by atoms with van der Waals surface area (Å²) in [6.45, 7) is 3.83. The van der Waals surface area contributed by atoms with Gasteiger partial charge in [-0.25, -0.2) is 4.98 Å². The van der Waals surface area contributed by atoms with E-state index in [9.17, 15) is 10.1 Å². The number of anilines is 1. The van der Waals surface area contributed by atoms with Crippen LogP contribution in [-0.2, 0) is 9.53 Å². The Bertz CT molecular complexity index is 817. The smallest absolute Gasteiger partial charge is 0.229 e. The van der Waals surface area contributed by atoms with Gasteiger partial charge in [-0.1, -0.05) is 18.2 Å². The molecule has 122 valence electrons. The van der Waals surface area contributed by atoms with Gasteiger partial charge in [0.05, 0.1) is 30.2 Å². The van der Waals surface area contributed by atoms with Gasteiger partial charge in [0.2, 0.25) is 5.91 Å². The number of hydrogen-bond donors (Lipinski definition) is 0. The van der Waals surface area contributed by atoms with Gasteiger partial charge in [0, 0.05) is 31.6 Å². The molecule has 0 radical (unpaired) electrons. The van der Waals surface area contributed by atoms with Crippen molar-refractivity contribution < 1.29 is 9.53 Å². The van der Waals surface area contributed by atoms with E-state index in [-0.39, 0.29) is 11.8 Å². The van der Waals surface area contributed by atoms with Crippen molar-refractivity contribution >= 4 is 22.6 Å². The number of amides is 1. The number of nitriles is 1. The molecule has 1 aromatic carbocycles. The van der Waals surface area contributed by atoms with E-state index in [0.717, 1.165) is 10.9 Å². The fourth-order valence-electron chi connectivity index (χ4n) is 3.28. The number of para-hydroxylation sites is 1. The van der Waals surface area contributed by atoms with Gasteiger partial charge in [-0.15, -0.1) is 0 Å². The normalized spacial score (nSPS) is 18.3. The van der Waals surface area contributed by atoms with Crippen LogP contribution < -0.4 is 4.90 Å². The van der Waals surface area contributed by atoms with E-state index in [4.69, 9.17) is 4.74 Å². The quantitative estimate of drug-likeness (QED) is 0.836. The van der Waals surface area contributed by atoms with E-state index in [1.165, 1.54) is 0 Å². The van der Waals surface area contributed by atoms with Crippen molar-refractivity contribution in [3.8, 4) is 6.07 Å². The predicted octanol–water partition coefficient (Wildman–Crippen LogP) is 1.40. The number of pyridine rings is 1. The summed E-state index contributed by atoms with van der Waals surface area (Å²) < 4.78 is 5.29. The Kier molecular flexibility index (Phi) is 3.79. The Hall–Kier alpha value is -2.65. The highest BCUT2D eigenvalue weighted by Crippen LogP contribution is 2.29. The van der Waals surface area contributed by atoms with Crippen LogP contribution >= 0.6 is 0 Å². The van der Waals surface area contributed by atoms with Crippen LogP contribution in [0, 0.1) is 17.2 Å². The minimum atomic E-state index is -0.0112. The van der Waals surface area contributed by atoms with E-state index in [1.807, 2.05) is 40.1 Å². The van der Waals surface area contributed by atoms with Gasteiger partial charge in [-0.3, -0.25) is 4.79 Å². The van der Waals surface area contributed by atoms with Crippen LogP contribution in [-0.4, -0.2) is 55.2 Å². The zero-order valence-electron chi connectivity index (χ0n) is 13.3. The lowest BCUT2D eigenvalue weighted by atomic mass is 9.97. The van der Waals surface area contributed by atoms with E-state index in [2.05, 4.69) is 11.1 Å². The number of hydrogen-bond acceptors (Lipinski definition) is 5. The third kappa shape index (κ3) is 2.57. The number of carbonyl (C=O) groups excluding carboxylic acids is 1. The highest BCUT2D eigenvalue weighted by molar-refractivity contribution is 5.85. The summed E-state index contributed by atoms with van der Waals surface area (Å²) in [5, 5.41) is 10.4. The molecule has 2 saturated heterocycles. The second-order valence-corrected chi connectivity index (χ2v) is 6.20. The molecular weight excluding hydrogens is 304 g/mol. The molecule has 6 nitrogen and oxygen atoms in total. The molecule has 0 N–H and O–H groups in total. The number of fused-ring (bicyclic) bond motifs is 1. The third-order valence-corrected chi connectivity index (χ3v) is 4.68. The first kappa shape index (κ1) is 14.9. The summed E-state index contributed by atoms with van der Waals surface area (Å²) in [4.78, 5) is 21.0. The molecule has 0 spiro atoms. The van der Waals surface area contributed by atoms with Crippen molar-refractivity contribution in [1.82, 2.24) is 9.88 Å². The van der Waals surface area contributed by atoms with Crippen molar-refractivity contribution in [2.24, 2.45) is 5.92 Å². The monoisotopic (exact) mass is 322 g/mol. The van der Waals surface area contributed by atoms with Crippen LogP contribution in [0.2, 0.25) is 0 Å². The molecule has 4 rings (SSSR count). The first-order chi connectivity index (χ1) is 11.8. The SMILES string of the molecule is N#Cc1cc2ccccc2nc1N1CC(C(=O)N2CCOCC2)C1. The molecule has 0 unspecified atom stereocenters. The van der Waals surface area contributed by atoms with Crippen molar-refractivity contribution in [1.29, 1.82) is 5.26 Å². The average Bonchev–Trinajstić information content (AvgIpc) is 2.60. The van der Waals surface area contributed by atoms with Crippen LogP contribution in [0.25, 0.3) is 10.9 Å². The van der Waals surface area contributed by atoms with Crippen LogP contribution in [0.5, 0.6) is 0 Å². The summed E-state index contributed by atoms with van der Waals surface area (Å²) in [6, 6.07) is 11.9. The molecule has 3 heterocycles. The molecule has 0 bridgehead atoms. The summed E-state index contributed by atoms with van der Waals surface area (Å²) in [6.07, 6.45) is 0. The Balaban J connectivity index is 1.51. The van der Waals surface area contributed by atoms with Crippen LogP contribution in [0.4, 0.5) is 5.82 Å². The van der Waals surface area contributed by atoms with Gasteiger partial charge >= 0.3 is 0 Å². The molecular formula is C18H18N4O2. The van der Waals surface area contributed by atoms with Crippen LogP contribution in [0.15, 0.2) is 30.3 Å². The standard InChI is InChI=1S/C18H18N4O2/c19-10-14-9-13-3-1-2-4-16(13)20-17(14)22-11-15(12-22)18(23)21-5-7-24-8-6-21/h1-4,9,15H,5-8,11-12H2. The number of morpholine rings is 1. The van der Waals surface area contributed by atoms with Crippen molar-refractivity contribution in [2.75, 3.05) is 44.3 Å². The number of carbonyl (C=O) groups is 1. The zero-order chi connectivity index (χ0) is 16.5. The maximum Gasteiger partial charge on any atom is 0.229 e. The van der Waals surface area contributed by atoms with Crippen molar-refractivity contribution in [3.63, 3.8) is 0 Å². The fraction of sp³-hybridized carbons (Fsp3) is 0.389. The lowest BCUT2D eigenvalue weighted by molar-refractivity contribution is -0.140. The van der Waals surface area contributed by atoms with Crippen molar-refractivity contribution in [2.45, 2.75) is 0 Å². The summed E-state index contributed by atoms with van der Waals surface area (Å²) in [7, 11) is 0. The van der Waals surface area contributed by atoms with Crippen molar-refractivity contribution in [3.05, 3.63) is 35.9 Å². The first-order valence-electron chi connectivity index (χ1n) is 8.17. The van der Waals surface area contributed by atoms with E-state index < -0.39 is 0 Å². The second kappa shape index (κ2) is 6.10. The highest BCUT2D eigenvalue weighted by Gasteiger charge is 2.37. The largest absolute Gasteiger partial charge is 0.378 e. The maximum atomic E-state index is 12.5. The van der Waals surface area contributed by atoms with E-state index >= 15 is 0 Å². The molecule has 1 amide bonds. The topological polar surface area (TPSA) is 69.5 Å².